The molecule has 1 amide bonds. The molecule has 0 saturated carbocycles. The first kappa shape index (κ1) is 16.9. The molecule has 2 aromatic rings. The highest BCUT2D eigenvalue weighted by atomic mass is 16.6. The maximum absolute atomic E-state index is 12.3. The highest BCUT2D eigenvalue weighted by Crippen LogP contribution is 2.19. The lowest BCUT2D eigenvalue weighted by molar-refractivity contribution is -0.384. The molecule has 6 nitrogen and oxygen atoms in total. The largest absolute Gasteiger partial charge is 0.321 e. The van der Waals surface area contributed by atoms with Crippen molar-refractivity contribution in [3.63, 3.8) is 0 Å². The summed E-state index contributed by atoms with van der Waals surface area (Å²) in [4.78, 5) is 22.5. The summed E-state index contributed by atoms with van der Waals surface area (Å²) in [7, 11) is 0. The van der Waals surface area contributed by atoms with E-state index in [0.717, 1.165) is 11.1 Å². The average molecular weight is 321 g/mol. The summed E-state index contributed by atoms with van der Waals surface area (Å²) in [5, 5.41) is 22.7. The van der Waals surface area contributed by atoms with Gasteiger partial charge in [-0.3, -0.25) is 14.9 Å². The van der Waals surface area contributed by atoms with Crippen LogP contribution in [0.5, 0.6) is 0 Å². The van der Waals surface area contributed by atoms with Crippen molar-refractivity contribution in [2.45, 2.75) is 13.8 Å². The monoisotopic (exact) mass is 321 g/mol. The van der Waals surface area contributed by atoms with Crippen LogP contribution in [0.15, 0.2) is 48.0 Å². The Morgan fingerprint density at radius 2 is 2.00 bits per heavy atom. The van der Waals surface area contributed by atoms with Crippen molar-refractivity contribution in [1.82, 2.24) is 0 Å². The number of carbonyl (C=O) groups is 1. The van der Waals surface area contributed by atoms with E-state index in [2.05, 4.69) is 5.32 Å². The van der Waals surface area contributed by atoms with Crippen LogP contribution in [0, 0.1) is 35.3 Å². The molecule has 24 heavy (non-hydrogen) atoms. The summed E-state index contributed by atoms with van der Waals surface area (Å²) in [5.41, 5.74) is 2.75. The van der Waals surface area contributed by atoms with Gasteiger partial charge in [0.15, 0.2) is 0 Å². The summed E-state index contributed by atoms with van der Waals surface area (Å²) in [5.74, 6) is -0.559. The summed E-state index contributed by atoms with van der Waals surface area (Å²) < 4.78 is 0. The zero-order valence-electron chi connectivity index (χ0n) is 13.2. The Hall–Kier alpha value is -3.46. The molecule has 0 fully saturated rings. The van der Waals surface area contributed by atoms with E-state index in [-0.39, 0.29) is 11.3 Å². The Kier molecular flexibility index (Phi) is 5.07. The van der Waals surface area contributed by atoms with E-state index in [0.29, 0.717) is 11.3 Å². The number of nitro benzene ring substituents is 1. The first-order valence-corrected chi connectivity index (χ1v) is 7.15. The Morgan fingerprint density at radius 1 is 1.25 bits per heavy atom. The molecule has 0 bridgehead atoms. The molecular weight excluding hydrogens is 306 g/mol. The van der Waals surface area contributed by atoms with Gasteiger partial charge in [-0.15, -0.1) is 0 Å². The average Bonchev–Trinajstić information content (AvgIpc) is 2.55. The van der Waals surface area contributed by atoms with Gasteiger partial charge in [0.1, 0.15) is 11.6 Å². The Morgan fingerprint density at radius 3 is 2.62 bits per heavy atom. The Bertz CT molecular complexity index is 879. The minimum Gasteiger partial charge on any atom is -0.321 e. The number of non-ortho nitro benzene ring substituents is 1. The van der Waals surface area contributed by atoms with Crippen molar-refractivity contribution in [1.29, 1.82) is 5.26 Å². The number of nitrogens with one attached hydrogen (secondary N) is 1. The van der Waals surface area contributed by atoms with Gasteiger partial charge in [0, 0.05) is 17.8 Å². The molecule has 1 N–H and O–H groups in total. The van der Waals surface area contributed by atoms with E-state index in [1.807, 2.05) is 32.0 Å². The smallest absolute Gasteiger partial charge is 0.270 e. The molecule has 2 aromatic carbocycles. The van der Waals surface area contributed by atoms with Crippen LogP contribution >= 0.6 is 0 Å². The summed E-state index contributed by atoms with van der Waals surface area (Å²) >= 11 is 0. The number of hydrogen-bond donors (Lipinski definition) is 1. The van der Waals surface area contributed by atoms with E-state index >= 15 is 0 Å². The van der Waals surface area contributed by atoms with E-state index in [1.165, 1.54) is 24.3 Å². The number of aryl methyl sites for hydroxylation is 2. The predicted molar refractivity (Wildman–Crippen MR) is 91.2 cm³/mol. The fourth-order valence-electron chi connectivity index (χ4n) is 2.19. The van der Waals surface area contributed by atoms with Crippen molar-refractivity contribution < 1.29 is 9.72 Å². The lowest BCUT2D eigenvalue weighted by Gasteiger charge is -2.08. The molecule has 0 heterocycles. The van der Waals surface area contributed by atoms with Crippen LogP contribution in [0.2, 0.25) is 0 Å². The van der Waals surface area contributed by atoms with E-state index < -0.39 is 10.8 Å². The minimum atomic E-state index is -0.559. The summed E-state index contributed by atoms with van der Waals surface area (Å²) in [6, 6.07) is 13.1. The number of amides is 1. The van der Waals surface area contributed by atoms with Crippen molar-refractivity contribution >= 4 is 23.4 Å². The van der Waals surface area contributed by atoms with Crippen molar-refractivity contribution in [2.24, 2.45) is 0 Å². The minimum absolute atomic E-state index is 0.101. The second-order valence-corrected chi connectivity index (χ2v) is 5.29. The van der Waals surface area contributed by atoms with Gasteiger partial charge in [0.25, 0.3) is 11.6 Å². The van der Waals surface area contributed by atoms with Crippen LogP contribution in [-0.2, 0) is 4.79 Å². The van der Waals surface area contributed by atoms with Gasteiger partial charge in [-0.25, -0.2) is 0 Å². The fourth-order valence-corrected chi connectivity index (χ4v) is 2.19. The SMILES string of the molecule is Cc1ccc(NC(=O)/C(C#N)=C\c2cccc([N+](=O)[O-])c2)c(C)c1. The number of nitriles is 1. The molecule has 0 radical (unpaired) electrons. The van der Waals surface area contributed by atoms with Crippen molar-refractivity contribution in [3.05, 3.63) is 74.8 Å². The molecule has 120 valence electrons. The summed E-state index contributed by atoms with van der Waals surface area (Å²) in [6.07, 6.45) is 1.33. The van der Waals surface area contributed by atoms with Crippen LogP contribution < -0.4 is 5.32 Å². The van der Waals surface area contributed by atoms with Crippen LogP contribution in [-0.4, -0.2) is 10.8 Å². The van der Waals surface area contributed by atoms with Crippen LogP contribution in [0.3, 0.4) is 0 Å². The van der Waals surface area contributed by atoms with E-state index in [1.54, 1.807) is 12.1 Å². The van der Waals surface area contributed by atoms with Crippen molar-refractivity contribution in [3.8, 4) is 6.07 Å². The molecule has 6 heteroatoms. The standard InChI is InChI=1S/C18H15N3O3/c1-12-6-7-17(13(2)8-12)20-18(22)15(11-19)9-14-4-3-5-16(10-14)21(23)24/h3-10H,1-2H3,(H,20,22)/b15-9-. The fraction of sp³-hybridized carbons (Fsp3) is 0.111. The van der Waals surface area contributed by atoms with Crippen LogP contribution in [0.1, 0.15) is 16.7 Å². The van der Waals surface area contributed by atoms with Crippen molar-refractivity contribution in [2.75, 3.05) is 5.32 Å². The molecule has 0 atom stereocenters. The van der Waals surface area contributed by atoms with Crippen LogP contribution in [0.4, 0.5) is 11.4 Å². The van der Waals surface area contributed by atoms with E-state index in [9.17, 15) is 20.2 Å². The van der Waals surface area contributed by atoms with Gasteiger partial charge in [-0.2, -0.15) is 5.26 Å². The maximum Gasteiger partial charge on any atom is 0.270 e. The first-order chi connectivity index (χ1) is 11.4. The van der Waals surface area contributed by atoms with Gasteiger partial charge in [0.05, 0.1) is 4.92 Å². The van der Waals surface area contributed by atoms with Gasteiger partial charge >= 0.3 is 0 Å². The Labute approximate surface area is 139 Å². The number of nitro groups is 1. The quantitative estimate of drug-likeness (QED) is 0.401. The maximum atomic E-state index is 12.3. The normalized spacial score (nSPS) is 10.8. The highest BCUT2D eigenvalue weighted by Gasteiger charge is 2.12. The zero-order valence-corrected chi connectivity index (χ0v) is 13.2. The van der Waals surface area contributed by atoms with Gasteiger partial charge in [-0.1, -0.05) is 29.8 Å². The molecule has 0 aromatic heterocycles. The Balaban J connectivity index is 2.27. The molecule has 0 unspecified atom stereocenters. The van der Waals surface area contributed by atoms with Gasteiger partial charge in [-0.05, 0) is 37.1 Å². The number of anilines is 1. The number of nitrogens with zero attached hydrogens (tertiary/aromatic N) is 2. The first-order valence-electron chi connectivity index (χ1n) is 7.15. The highest BCUT2D eigenvalue weighted by molar-refractivity contribution is 6.10. The topological polar surface area (TPSA) is 96.0 Å². The number of rotatable bonds is 4. The van der Waals surface area contributed by atoms with Gasteiger partial charge in [0.2, 0.25) is 0 Å². The molecule has 0 aliphatic carbocycles. The molecule has 0 spiro atoms. The third-order valence-corrected chi connectivity index (χ3v) is 3.39. The number of hydrogen-bond acceptors (Lipinski definition) is 4. The van der Waals surface area contributed by atoms with E-state index in [4.69, 9.17) is 0 Å². The van der Waals surface area contributed by atoms with Gasteiger partial charge < -0.3 is 5.32 Å². The second-order valence-electron chi connectivity index (χ2n) is 5.29. The third-order valence-electron chi connectivity index (χ3n) is 3.39. The molecule has 0 aliphatic heterocycles. The number of benzene rings is 2. The predicted octanol–water partition coefficient (Wildman–Crippen LogP) is 3.76. The number of carbonyl (C=O) groups excluding carboxylic acids is 1. The second kappa shape index (κ2) is 7.20. The zero-order chi connectivity index (χ0) is 17.7. The molecular formula is C18H15N3O3. The summed E-state index contributed by atoms with van der Waals surface area (Å²) in [6.45, 7) is 3.81. The van der Waals surface area contributed by atoms with Crippen LogP contribution in [0.25, 0.3) is 6.08 Å². The molecule has 2 rings (SSSR count). The third kappa shape index (κ3) is 4.05. The lowest BCUT2D eigenvalue weighted by atomic mass is 10.1. The lowest BCUT2D eigenvalue weighted by Crippen LogP contribution is -2.14. The molecule has 0 aliphatic rings. The molecule has 0 saturated heterocycles.